The first kappa shape index (κ1) is 22.2. The van der Waals surface area contributed by atoms with Gasteiger partial charge in [0.25, 0.3) is 0 Å². The average Bonchev–Trinajstić information content (AvgIpc) is 2.70. The molecule has 8 heteroatoms. The van der Waals surface area contributed by atoms with Crippen molar-refractivity contribution in [1.82, 2.24) is 0 Å². The second-order valence-electron chi connectivity index (χ2n) is 8.34. The van der Waals surface area contributed by atoms with Crippen LogP contribution in [0.25, 0.3) is 0 Å². The Hall–Kier alpha value is -1.47. The lowest BCUT2D eigenvalue weighted by Crippen LogP contribution is -2.30. The SMILES string of the molecule is FCC1CCC(C2CCC(c3cc(F)c(OC(F)C(F)(F)F)c(F)c3)CC2)CC1. The van der Waals surface area contributed by atoms with E-state index in [2.05, 4.69) is 4.74 Å². The molecule has 0 N–H and O–H groups in total. The van der Waals surface area contributed by atoms with Crippen LogP contribution < -0.4 is 4.74 Å². The molecule has 0 radical (unpaired) electrons. The number of halogens is 7. The molecule has 164 valence electrons. The van der Waals surface area contributed by atoms with Crippen molar-refractivity contribution in [1.29, 1.82) is 0 Å². The summed E-state index contributed by atoms with van der Waals surface area (Å²) in [5.41, 5.74) is 0.356. The van der Waals surface area contributed by atoms with Gasteiger partial charge in [0.1, 0.15) is 0 Å². The maximum absolute atomic E-state index is 14.1. The average molecular weight is 426 g/mol. The highest BCUT2D eigenvalue weighted by molar-refractivity contribution is 5.33. The molecule has 0 bridgehead atoms. The molecule has 0 amide bonds. The van der Waals surface area contributed by atoms with Crippen molar-refractivity contribution in [3.63, 3.8) is 0 Å². The molecule has 2 aliphatic carbocycles. The molecule has 1 atom stereocenters. The van der Waals surface area contributed by atoms with Gasteiger partial charge in [-0.15, -0.1) is 0 Å². The minimum Gasteiger partial charge on any atom is -0.446 e. The first-order valence-electron chi connectivity index (χ1n) is 10.1. The third-order valence-corrected chi connectivity index (χ3v) is 6.52. The summed E-state index contributed by atoms with van der Waals surface area (Å²) < 4.78 is 94.5. The van der Waals surface area contributed by atoms with Crippen LogP contribution in [0.1, 0.15) is 62.8 Å². The molecule has 0 heterocycles. The Bertz CT molecular complexity index is 651. The molecule has 3 rings (SSSR count). The van der Waals surface area contributed by atoms with Gasteiger partial charge < -0.3 is 4.74 Å². The molecule has 0 saturated heterocycles. The lowest BCUT2D eigenvalue weighted by molar-refractivity contribution is -0.237. The zero-order valence-electron chi connectivity index (χ0n) is 16.0. The monoisotopic (exact) mass is 426 g/mol. The van der Waals surface area contributed by atoms with Crippen LogP contribution in [0.5, 0.6) is 5.75 Å². The summed E-state index contributed by atoms with van der Waals surface area (Å²) in [6, 6.07) is 1.89. The number of alkyl halides is 5. The Balaban J connectivity index is 1.60. The van der Waals surface area contributed by atoms with Crippen LogP contribution in [0, 0.1) is 29.4 Å². The molecule has 1 aromatic carbocycles. The fourth-order valence-corrected chi connectivity index (χ4v) is 4.84. The van der Waals surface area contributed by atoms with E-state index in [1.165, 1.54) is 0 Å². The Labute approximate surface area is 165 Å². The minimum absolute atomic E-state index is 0.102. The largest absolute Gasteiger partial charge is 0.457 e. The number of hydrogen-bond acceptors (Lipinski definition) is 1. The lowest BCUT2D eigenvalue weighted by atomic mass is 9.68. The highest BCUT2D eigenvalue weighted by atomic mass is 19.4. The van der Waals surface area contributed by atoms with Crippen molar-refractivity contribution in [3.05, 3.63) is 29.3 Å². The first-order valence-corrected chi connectivity index (χ1v) is 10.1. The second kappa shape index (κ2) is 9.13. The first-order chi connectivity index (χ1) is 13.7. The van der Waals surface area contributed by atoms with Crippen molar-refractivity contribution >= 4 is 0 Å². The summed E-state index contributed by atoms with van der Waals surface area (Å²) in [6.45, 7) is -0.261. The highest BCUT2D eigenvalue weighted by Gasteiger charge is 2.43. The Kier molecular flexibility index (Phi) is 6.99. The van der Waals surface area contributed by atoms with Gasteiger partial charge in [0, 0.05) is 0 Å². The van der Waals surface area contributed by atoms with Crippen LogP contribution in [-0.4, -0.2) is 19.2 Å². The predicted molar refractivity (Wildman–Crippen MR) is 94.1 cm³/mol. The van der Waals surface area contributed by atoms with Crippen molar-refractivity contribution in [3.8, 4) is 5.75 Å². The van der Waals surface area contributed by atoms with E-state index in [1.54, 1.807) is 0 Å². The fourth-order valence-electron chi connectivity index (χ4n) is 4.84. The van der Waals surface area contributed by atoms with E-state index in [0.29, 0.717) is 17.4 Å². The Morgan fingerprint density at radius 1 is 0.862 bits per heavy atom. The van der Waals surface area contributed by atoms with E-state index >= 15 is 0 Å². The molecule has 0 aliphatic heterocycles. The molecule has 2 saturated carbocycles. The second-order valence-corrected chi connectivity index (χ2v) is 8.34. The van der Waals surface area contributed by atoms with Crippen molar-refractivity contribution in [2.45, 2.75) is 69.8 Å². The van der Waals surface area contributed by atoms with Crippen LogP contribution in [0.2, 0.25) is 0 Å². The summed E-state index contributed by atoms with van der Waals surface area (Å²) in [6.07, 6.45) is -2.05. The highest BCUT2D eigenvalue weighted by Crippen LogP contribution is 2.44. The Morgan fingerprint density at radius 3 is 1.79 bits per heavy atom. The van der Waals surface area contributed by atoms with Gasteiger partial charge in [0.15, 0.2) is 17.4 Å². The van der Waals surface area contributed by atoms with Crippen LogP contribution in [-0.2, 0) is 0 Å². The maximum atomic E-state index is 14.1. The van der Waals surface area contributed by atoms with E-state index in [-0.39, 0.29) is 18.5 Å². The molecule has 29 heavy (non-hydrogen) atoms. The zero-order valence-corrected chi connectivity index (χ0v) is 16.0. The normalized spacial score (nSPS) is 29.5. The van der Waals surface area contributed by atoms with Gasteiger partial charge in [-0.05, 0) is 92.7 Å². The summed E-state index contributed by atoms with van der Waals surface area (Å²) in [5, 5.41) is 0. The topological polar surface area (TPSA) is 9.23 Å². The number of benzene rings is 1. The molecule has 0 spiro atoms. The number of hydrogen-bond donors (Lipinski definition) is 0. The third kappa shape index (κ3) is 5.37. The molecule has 2 aliphatic rings. The number of rotatable bonds is 5. The van der Waals surface area contributed by atoms with Gasteiger partial charge in [-0.2, -0.15) is 17.6 Å². The van der Waals surface area contributed by atoms with Crippen molar-refractivity contribution < 1.29 is 35.5 Å². The van der Waals surface area contributed by atoms with Gasteiger partial charge in [0.05, 0.1) is 6.67 Å². The summed E-state index contributed by atoms with van der Waals surface area (Å²) in [4.78, 5) is 0. The smallest absolute Gasteiger partial charge is 0.446 e. The molecular formula is C21H25F7O. The fraction of sp³-hybridized carbons (Fsp3) is 0.714. The van der Waals surface area contributed by atoms with Gasteiger partial charge in [-0.25, -0.2) is 8.78 Å². The molecule has 1 nitrogen and oxygen atoms in total. The van der Waals surface area contributed by atoms with Crippen LogP contribution in [0.4, 0.5) is 30.7 Å². The third-order valence-electron chi connectivity index (χ3n) is 6.52. The van der Waals surface area contributed by atoms with E-state index in [0.717, 1.165) is 63.5 Å². The predicted octanol–water partition coefficient (Wildman–Crippen LogP) is 7.25. The van der Waals surface area contributed by atoms with Crippen LogP contribution in [0.3, 0.4) is 0 Å². The van der Waals surface area contributed by atoms with Gasteiger partial charge in [-0.3, -0.25) is 4.39 Å². The molecule has 2 fully saturated rings. The van der Waals surface area contributed by atoms with Crippen molar-refractivity contribution in [2.24, 2.45) is 17.8 Å². The number of ether oxygens (including phenoxy) is 1. The molecular weight excluding hydrogens is 401 g/mol. The standard InChI is InChI=1S/C21H25F7O/c22-11-12-1-3-13(4-2-12)14-5-7-15(8-6-14)16-9-17(23)19(18(24)10-16)29-20(25)21(26,27)28/h9-10,12-15,20H,1-8,11H2. The van der Waals surface area contributed by atoms with Gasteiger partial charge in [0.2, 0.25) is 0 Å². The quantitative estimate of drug-likeness (QED) is 0.451. The van der Waals surface area contributed by atoms with Gasteiger partial charge >= 0.3 is 12.5 Å². The van der Waals surface area contributed by atoms with E-state index in [1.807, 2.05) is 0 Å². The lowest BCUT2D eigenvalue weighted by Gasteiger charge is -2.37. The molecule has 0 aromatic heterocycles. The van der Waals surface area contributed by atoms with E-state index in [4.69, 9.17) is 0 Å². The van der Waals surface area contributed by atoms with E-state index < -0.39 is 29.9 Å². The van der Waals surface area contributed by atoms with Crippen molar-refractivity contribution in [2.75, 3.05) is 6.67 Å². The Morgan fingerprint density at radius 2 is 1.34 bits per heavy atom. The minimum atomic E-state index is -5.36. The summed E-state index contributed by atoms with van der Waals surface area (Å²) >= 11 is 0. The van der Waals surface area contributed by atoms with Gasteiger partial charge in [-0.1, -0.05) is 0 Å². The molecule has 1 aromatic rings. The van der Waals surface area contributed by atoms with E-state index in [9.17, 15) is 30.7 Å². The summed E-state index contributed by atoms with van der Waals surface area (Å²) in [5.74, 6) is -2.87. The zero-order chi connectivity index (χ0) is 21.2. The maximum Gasteiger partial charge on any atom is 0.457 e. The van der Waals surface area contributed by atoms with Crippen LogP contribution >= 0.6 is 0 Å². The summed E-state index contributed by atoms with van der Waals surface area (Å²) in [7, 11) is 0. The molecule has 1 unspecified atom stereocenters. The van der Waals surface area contributed by atoms with Crippen LogP contribution in [0.15, 0.2) is 12.1 Å².